The number of ether oxygens (including phenoxy) is 1. The first-order valence-corrected chi connectivity index (χ1v) is 11.3. The van der Waals surface area contributed by atoms with Crippen LogP contribution in [0.3, 0.4) is 0 Å². The van der Waals surface area contributed by atoms with Gasteiger partial charge in [-0.25, -0.2) is 0 Å². The maximum absolute atomic E-state index is 12.5. The van der Waals surface area contributed by atoms with Crippen molar-refractivity contribution in [2.24, 2.45) is 0 Å². The van der Waals surface area contributed by atoms with Gasteiger partial charge in [-0.05, 0) is 61.4 Å². The number of carbonyl (C=O) groups is 2. The summed E-state index contributed by atoms with van der Waals surface area (Å²) in [5, 5.41) is 7.31. The van der Waals surface area contributed by atoms with E-state index < -0.39 is 5.91 Å². The highest BCUT2D eigenvalue weighted by Gasteiger charge is 2.19. The van der Waals surface area contributed by atoms with Gasteiger partial charge in [-0.2, -0.15) is 0 Å². The summed E-state index contributed by atoms with van der Waals surface area (Å²) in [7, 11) is 0. The van der Waals surface area contributed by atoms with Crippen LogP contribution >= 0.6 is 34.8 Å². The molecule has 0 aliphatic heterocycles. The average Bonchev–Trinajstić information content (AvgIpc) is 3.27. The van der Waals surface area contributed by atoms with E-state index in [9.17, 15) is 9.59 Å². The van der Waals surface area contributed by atoms with Crippen LogP contribution in [0.4, 0.5) is 11.4 Å². The first-order chi connectivity index (χ1) is 16.2. The van der Waals surface area contributed by atoms with Crippen LogP contribution in [0, 0.1) is 13.8 Å². The minimum absolute atomic E-state index is 0.209. The Morgan fingerprint density at radius 1 is 0.853 bits per heavy atom. The number of para-hydroxylation sites is 1. The van der Waals surface area contributed by atoms with E-state index in [1.807, 2.05) is 18.2 Å². The molecule has 0 aliphatic carbocycles. The van der Waals surface area contributed by atoms with Gasteiger partial charge in [0.2, 0.25) is 0 Å². The molecule has 0 saturated carbocycles. The topological polar surface area (TPSA) is 80.6 Å². The zero-order valence-electron chi connectivity index (χ0n) is 18.2. The number of benzene rings is 3. The number of furan rings is 1. The minimum Gasteiger partial charge on any atom is -0.481 e. The van der Waals surface area contributed by atoms with Gasteiger partial charge in [0.25, 0.3) is 11.8 Å². The minimum atomic E-state index is -0.406. The van der Waals surface area contributed by atoms with Crippen molar-refractivity contribution < 1.29 is 18.7 Å². The number of nitrogens with one attached hydrogen (secondary N) is 2. The summed E-state index contributed by atoms with van der Waals surface area (Å²) in [5.74, 6) is -0.359. The molecule has 0 atom stereocenters. The molecular formula is C25H19Cl3N2O4. The number of anilines is 2. The molecule has 1 heterocycles. The number of hydrogen-bond donors (Lipinski definition) is 2. The summed E-state index contributed by atoms with van der Waals surface area (Å²) in [6, 6.07) is 15.7. The second-order valence-corrected chi connectivity index (χ2v) is 8.67. The predicted molar refractivity (Wildman–Crippen MR) is 136 cm³/mol. The van der Waals surface area contributed by atoms with Crippen molar-refractivity contribution in [3.05, 3.63) is 86.6 Å². The SMILES string of the molecule is Cc1c(Cl)c(C)c(Cl)c(OCC(=O)Nc2ccc(NC(=O)c3cc4ccccc4o3)cc2)c1Cl. The maximum atomic E-state index is 12.5. The van der Waals surface area contributed by atoms with Gasteiger partial charge in [0.15, 0.2) is 18.1 Å². The molecule has 0 aliphatic rings. The largest absolute Gasteiger partial charge is 0.481 e. The van der Waals surface area contributed by atoms with Gasteiger partial charge in [0, 0.05) is 21.8 Å². The van der Waals surface area contributed by atoms with Gasteiger partial charge in [-0.15, -0.1) is 0 Å². The van der Waals surface area contributed by atoms with E-state index >= 15 is 0 Å². The lowest BCUT2D eigenvalue weighted by molar-refractivity contribution is -0.118. The Bertz CT molecular complexity index is 1340. The highest BCUT2D eigenvalue weighted by Crippen LogP contribution is 2.42. The van der Waals surface area contributed by atoms with E-state index in [1.54, 1.807) is 50.2 Å². The molecule has 0 spiro atoms. The lowest BCUT2D eigenvalue weighted by Gasteiger charge is -2.15. The molecule has 3 aromatic carbocycles. The van der Waals surface area contributed by atoms with Gasteiger partial charge in [0.1, 0.15) is 5.58 Å². The second kappa shape index (κ2) is 9.97. The third-order valence-electron chi connectivity index (χ3n) is 5.14. The smallest absolute Gasteiger partial charge is 0.291 e. The van der Waals surface area contributed by atoms with Crippen molar-refractivity contribution in [3.63, 3.8) is 0 Å². The lowest BCUT2D eigenvalue weighted by atomic mass is 10.1. The highest BCUT2D eigenvalue weighted by atomic mass is 35.5. The van der Waals surface area contributed by atoms with Crippen molar-refractivity contribution >= 4 is 69.0 Å². The average molecular weight is 518 g/mol. The van der Waals surface area contributed by atoms with Crippen LogP contribution in [-0.2, 0) is 4.79 Å². The second-order valence-electron chi connectivity index (χ2n) is 7.54. The van der Waals surface area contributed by atoms with Crippen LogP contribution in [0.1, 0.15) is 21.7 Å². The summed E-state index contributed by atoms with van der Waals surface area (Å²) in [6.45, 7) is 3.19. The third kappa shape index (κ3) is 4.99. The number of amides is 2. The number of fused-ring (bicyclic) bond motifs is 1. The van der Waals surface area contributed by atoms with Gasteiger partial charge in [0.05, 0.1) is 10.0 Å². The quantitative estimate of drug-likeness (QED) is 0.282. The van der Waals surface area contributed by atoms with Crippen molar-refractivity contribution in [3.8, 4) is 5.75 Å². The van der Waals surface area contributed by atoms with E-state index in [0.29, 0.717) is 33.1 Å². The molecule has 6 nitrogen and oxygen atoms in total. The molecule has 2 amide bonds. The number of halogens is 3. The fraction of sp³-hybridized carbons (Fsp3) is 0.120. The molecule has 1 aromatic heterocycles. The fourth-order valence-electron chi connectivity index (χ4n) is 3.30. The number of rotatable bonds is 6. The molecule has 0 bridgehead atoms. The third-order valence-corrected chi connectivity index (χ3v) is 6.62. The molecule has 174 valence electrons. The molecule has 2 N–H and O–H groups in total. The van der Waals surface area contributed by atoms with Crippen molar-refractivity contribution in [2.45, 2.75) is 13.8 Å². The normalized spacial score (nSPS) is 10.9. The molecular weight excluding hydrogens is 499 g/mol. The Balaban J connectivity index is 1.35. The van der Waals surface area contributed by atoms with E-state index in [1.165, 1.54) is 0 Å². The molecule has 0 radical (unpaired) electrons. The summed E-state index contributed by atoms with van der Waals surface area (Å²) < 4.78 is 11.1. The van der Waals surface area contributed by atoms with Crippen LogP contribution in [0.15, 0.2) is 59.0 Å². The van der Waals surface area contributed by atoms with Crippen LogP contribution in [0.25, 0.3) is 11.0 Å². The Morgan fingerprint density at radius 2 is 1.44 bits per heavy atom. The molecule has 34 heavy (non-hydrogen) atoms. The lowest BCUT2D eigenvalue weighted by Crippen LogP contribution is -2.20. The summed E-state index contributed by atoms with van der Waals surface area (Å²) in [4.78, 5) is 24.8. The summed E-state index contributed by atoms with van der Waals surface area (Å²) in [6.07, 6.45) is 0. The van der Waals surface area contributed by atoms with Gasteiger partial charge < -0.3 is 19.8 Å². The highest BCUT2D eigenvalue weighted by molar-refractivity contribution is 6.42. The zero-order chi connectivity index (χ0) is 24.4. The molecule has 9 heteroatoms. The standard InChI is InChI=1S/C25H19Cl3N2O4/c1-13-21(26)14(2)23(28)24(22(13)27)33-12-20(31)29-16-7-9-17(10-8-16)30-25(32)19-11-15-5-3-4-6-18(15)34-19/h3-11H,12H2,1-2H3,(H,29,31)(H,30,32). The molecule has 0 unspecified atom stereocenters. The molecule has 4 rings (SSSR count). The first-order valence-electron chi connectivity index (χ1n) is 10.2. The van der Waals surface area contributed by atoms with Crippen molar-refractivity contribution in [1.82, 2.24) is 0 Å². The summed E-state index contributed by atoms with van der Waals surface area (Å²) >= 11 is 18.8. The first kappa shape index (κ1) is 24.0. The number of carbonyl (C=O) groups excluding carboxylic acids is 2. The number of hydrogen-bond acceptors (Lipinski definition) is 4. The van der Waals surface area contributed by atoms with Crippen LogP contribution in [0.5, 0.6) is 5.75 Å². The van der Waals surface area contributed by atoms with Crippen molar-refractivity contribution in [1.29, 1.82) is 0 Å². The predicted octanol–water partition coefficient (Wildman–Crippen LogP) is 7.28. The Labute approximate surface area is 210 Å². The van der Waals surface area contributed by atoms with Crippen LogP contribution in [0.2, 0.25) is 15.1 Å². The molecule has 0 saturated heterocycles. The Morgan fingerprint density at radius 3 is 2.06 bits per heavy atom. The van der Waals surface area contributed by atoms with E-state index in [0.717, 1.165) is 5.39 Å². The van der Waals surface area contributed by atoms with E-state index in [-0.39, 0.29) is 34.1 Å². The Kier molecular flexibility index (Phi) is 7.03. The van der Waals surface area contributed by atoms with Gasteiger partial charge >= 0.3 is 0 Å². The zero-order valence-corrected chi connectivity index (χ0v) is 20.4. The summed E-state index contributed by atoms with van der Waals surface area (Å²) in [5.41, 5.74) is 2.96. The van der Waals surface area contributed by atoms with E-state index in [2.05, 4.69) is 10.6 Å². The van der Waals surface area contributed by atoms with E-state index in [4.69, 9.17) is 44.0 Å². The maximum Gasteiger partial charge on any atom is 0.291 e. The monoisotopic (exact) mass is 516 g/mol. The van der Waals surface area contributed by atoms with Gasteiger partial charge in [-0.3, -0.25) is 9.59 Å². The molecule has 4 aromatic rings. The molecule has 0 fully saturated rings. The van der Waals surface area contributed by atoms with Crippen LogP contribution < -0.4 is 15.4 Å². The van der Waals surface area contributed by atoms with Crippen molar-refractivity contribution in [2.75, 3.05) is 17.2 Å². The fourth-order valence-corrected chi connectivity index (χ4v) is 4.12. The van der Waals surface area contributed by atoms with Gasteiger partial charge in [-0.1, -0.05) is 53.0 Å². The van der Waals surface area contributed by atoms with Crippen LogP contribution in [-0.4, -0.2) is 18.4 Å². The Hall–Kier alpha value is -3.19.